The Labute approximate surface area is 166 Å². The first-order valence-electron chi connectivity index (χ1n) is 9.30. The van der Waals surface area contributed by atoms with Crippen molar-refractivity contribution in [3.05, 3.63) is 77.4 Å². The number of benzene rings is 2. The normalized spacial score (nSPS) is 16.1. The molecule has 6 nitrogen and oxygen atoms in total. The fraction of sp³-hybridized carbons (Fsp3) is 0.182. The Morgan fingerprint density at radius 1 is 1.03 bits per heavy atom. The van der Waals surface area contributed by atoms with Crippen molar-refractivity contribution in [1.29, 1.82) is 0 Å². The summed E-state index contributed by atoms with van der Waals surface area (Å²) in [6.07, 6.45) is 2.78. The number of aromatic nitrogens is 4. The molecule has 0 unspecified atom stereocenters. The van der Waals surface area contributed by atoms with Gasteiger partial charge in [-0.1, -0.05) is 12.1 Å². The van der Waals surface area contributed by atoms with Crippen LogP contribution >= 0.6 is 0 Å². The van der Waals surface area contributed by atoms with E-state index >= 15 is 0 Å². The minimum Gasteiger partial charge on any atom is -0.497 e. The predicted molar refractivity (Wildman–Crippen MR) is 105 cm³/mol. The molecule has 0 fully saturated rings. The van der Waals surface area contributed by atoms with Crippen LogP contribution in [0, 0.1) is 5.82 Å². The van der Waals surface area contributed by atoms with Crippen molar-refractivity contribution in [2.24, 2.45) is 0 Å². The van der Waals surface area contributed by atoms with E-state index in [1.165, 1.54) is 16.6 Å². The quantitative estimate of drug-likeness (QED) is 0.533. The maximum atomic E-state index is 13.2. The Morgan fingerprint density at radius 2 is 1.79 bits per heavy atom. The van der Waals surface area contributed by atoms with Gasteiger partial charge >= 0.3 is 0 Å². The van der Waals surface area contributed by atoms with Crippen molar-refractivity contribution in [3.8, 4) is 17.1 Å². The first-order chi connectivity index (χ1) is 14.1. The molecule has 2 aromatic heterocycles. The van der Waals surface area contributed by atoms with Gasteiger partial charge in [-0.05, 0) is 54.3 Å². The second kappa shape index (κ2) is 6.77. The number of hydrogen-bond acceptors (Lipinski definition) is 5. The summed E-state index contributed by atoms with van der Waals surface area (Å²) >= 11 is 0. The minimum atomic E-state index is -0.318. The Morgan fingerprint density at radius 3 is 2.52 bits per heavy atom. The lowest BCUT2D eigenvalue weighted by Gasteiger charge is -2.23. The first kappa shape index (κ1) is 17.5. The SMILES string of the molecule is COc1ccc([C@H]2CC(=O)c3cn4nc(-c5ccc(F)cc5)nc4nc3C2)cc1. The molecule has 1 atom stereocenters. The molecule has 0 N–H and O–H groups in total. The van der Waals surface area contributed by atoms with Gasteiger partial charge in [0.15, 0.2) is 11.6 Å². The molecule has 5 rings (SSSR count). The number of nitrogens with zero attached hydrogens (tertiary/aromatic N) is 4. The van der Waals surface area contributed by atoms with Crippen LogP contribution < -0.4 is 4.74 Å². The highest BCUT2D eigenvalue weighted by molar-refractivity contribution is 5.98. The summed E-state index contributed by atoms with van der Waals surface area (Å²) in [6, 6.07) is 13.8. The Kier molecular flexibility index (Phi) is 4.08. The molecule has 1 aliphatic carbocycles. The van der Waals surface area contributed by atoms with Crippen molar-refractivity contribution in [2.45, 2.75) is 18.8 Å². The highest BCUT2D eigenvalue weighted by Crippen LogP contribution is 2.33. The van der Waals surface area contributed by atoms with Gasteiger partial charge in [-0.3, -0.25) is 4.79 Å². The van der Waals surface area contributed by atoms with Crippen molar-refractivity contribution >= 4 is 11.6 Å². The average molecular weight is 388 g/mol. The van der Waals surface area contributed by atoms with Crippen molar-refractivity contribution in [2.75, 3.05) is 7.11 Å². The lowest BCUT2D eigenvalue weighted by atomic mass is 9.82. The van der Waals surface area contributed by atoms with Crippen LogP contribution in [0.25, 0.3) is 17.2 Å². The van der Waals surface area contributed by atoms with Gasteiger partial charge in [0.2, 0.25) is 0 Å². The molecule has 0 saturated carbocycles. The molecule has 0 aliphatic heterocycles. The van der Waals surface area contributed by atoms with E-state index in [0.29, 0.717) is 35.6 Å². The summed E-state index contributed by atoms with van der Waals surface area (Å²) in [4.78, 5) is 21.8. The number of methoxy groups -OCH3 is 1. The van der Waals surface area contributed by atoms with Gasteiger partial charge in [-0.15, -0.1) is 5.10 Å². The lowest BCUT2D eigenvalue weighted by molar-refractivity contribution is 0.0962. The first-order valence-corrected chi connectivity index (χ1v) is 9.30. The molecule has 1 aliphatic rings. The molecule has 144 valence electrons. The van der Waals surface area contributed by atoms with Crippen molar-refractivity contribution < 1.29 is 13.9 Å². The molecule has 7 heteroatoms. The highest BCUT2D eigenvalue weighted by Gasteiger charge is 2.28. The Hall–Kier alpha value is -3.61. The molecule has 0 radical (unpaired) electrons. The molecule has 2 aromatic carbocycles. The smallest absolute Gasteiger partial charge is 0.252 e. The molecule has 0 bridgehead atoms. The van der Waals surface area contributed by atoms with Crippen molar-refractivity contribution in [3.63, 3.8) is 0 Å². The number of carbonyl (C=O) groups excluding carboxylic acids is 1. The van der Waals surface area contributed by atoms with Gasteiger partial charge in [0.05, 0.1) is 18.4 Å². The van der Waals surface area contributed by atoms with Gasteiger partial charge in [0.25, 0.3) is 5.78 Å². The summed E-state index contributed by atoms with van der Waals surface area (Å²) < 4.78 is 19.9. The zero-order valence-electron chi connectivity index (χ0n) is 15.7. The molecular weight excluding hydrogens is 371 g/mol. The minimum absolute atomic E-state index is 0.0419. The number of ketones is 1. The van der Waals surface area contributed by atoms with Crippen LogP contribution in [0.1, 0.15) is 34.0 Å². The maximum absolute atomic E-state index is 13.2. The zero-order chi connectivity index (χ0) is 20.0. The fourth-order valence-electron chi connectivity index (χ4n) is 3.72. The number of rotatable bonds is 3. The van der Waals surface area contributed by atoms with E-state index in [-0.39, 0.29) is 17.5 Å². The van der Waals surface area contributed by atoms with Crippen molar-refractivity contribution in [1.82, 2.24) is 19.6 Å². The Balaban J connectivity index is 1.51. The summed E-state index contributed by atoms with van der Waals surface area (Å²) in [6.45, 7) is 0. The topological polar surface area (TPSA) is 69.4 Å². The number of carbonyl (C=O) groups is 1. The van der Waals surface area contributed by atoms with E-state index in [4.69, 9.17) is 4.74 Å². The van der Waals surface area contributed by atoms with E-state index in [1.54, 1.807) is 25.4 Å². The molecular formula is C22H17FN4O2. The largest absolute Gasteiger partial charge is 0.497 e. The fourth-order valence-corrected chi connectivity index (χ4v) is 3.72. The molecule has 4 aromatic rings. The van der Waals surface area contributed by atoms with E-state index in [2.05, 4.69) is 15.1 Å². The number of halogens is 1. The summed E-state index contributed by atoms with van der Waals surface area (Å²) in [5.74, 6) is 1.44. The summed E-state index contributed by atoms with van der Waals surface area (Å²) in [5, 5.41) is 4.41. The van der Waals surface area contributed by atoms with Gasteiger partial charge in [0, 0.05) is 18.2 Å². The van der Waals surface area contributed by atoms with E-state index in [1.807, 2.05) is 24.3 Å². The second-order valence-corrected chi connectivity index (χ2v) is 7.09. The summed E-state index contributed by atoms with van der Waals surface area (Å²) in [7, 11) is 1.63. The highest BCUT2D eigenvalue weighted by atomic mass is 19.1. The molecule has 0 spiro atoms. The van der Waals surface area contributed by atoms with E-state index in [0.717, 1.165) is 17.0 Å². The molecule has 0 amide bonds. The lowest BCUT2D eigenvalue weighted by Crippen LogP contribution is -2.21. The van der Waals surface area contributed by atoms with E-state index < -0.39 is 0 Å². The third kappa shape index (κ3) is 3.14. The zero-order valence-corrected chi connectivity index (χ0v) is 15.7. The van der Waals surface area contributed by atoms with Crippen LogP contribution in [-0.2, 0) is 6.42 Å². The van der Waals surface area contributed by atoms with Gasteiger partial charge in [-0.2, -0.15) is 4.98 Å². The average Bonchev–Trinajstić information content (AvgIpc) is 3.16. The monoisotopic (exact) mass is 388 g/mol. The molecule has 0 saturated heterocycles. The van der Waals surface area contributed by atoms with Crippen LogP contribution in [0.5, 0.6) is 5.75 Å². The number of Topliss-reactive ketones (excluding diaryl/α,β-unsaturated/α-hetero) is 1. The number of ether oxygens (including phenoxy) is 1. The van der Waals surface area contributed by atoms with Crippen LogP contribution in [0.15, 0.2) is 54.7 Å². The maximum Gasteiger partial charge on any atom is 0.252 e. The number of fused-ring (bicyclic) bond motifs is 2. The summed E-state index contributed by atoms with van der Waals surface area (Å²) in [5.41, 5.74) is 3.09. The molecule has 2 heterocycles. The second-order valence-electron chi connectivity index (χ2n) is 7.09. The third-order valence-corrected chi connectivity index (χ3v) is 5.27. The standard InChI is InChI=1S/C22H17FN4O2/c1-29-17-8-4-13(5-9-17)15-10-19-18(20(28)11-15)12-27-22(24-19)25-21(26-27)14-2-6-16(23)7-3-14/h2-9,12,15H,10-11H2,1H3/t15-/m1/s1. The number of hydrogen-bond donors (Lipinski definition) is 0. The van der Waals surface area contributed by atoms with Crippen LogP contribution in [0.4, 0.5) is 4.39 Å². The van der Waals surface area contributed by atoms with E-state index in [9.17, 15) is 9.18 Å². The van der Waals surface area contributed by atoms with Crippen LogP contribution in [0.2, 0.25) is 0 Å². The van der Waals surface area contributed by atoms with Crippen LogP contribution in [0.3, 0.4) is 0 Å². The van der Waals surface area contributed by atoms with Crippen LogP contribution in [-0.4, -0.2) is 32.5 Å². The third-order valence-electron chi connectivity index (χ3n) is 5.27. The molecule has 29 heavy (non-hydrogen) atoms. The predicted octanol–water partition coefficient (Wildman–Crippen LogP) is 3.85. The van der Waals surface area contributed by atoms with Gasteiger partial charge < -0.3 is 4.74 Å². The van der Waals surface area contributed by atoms with Gasteiger partial charge in [-0.25, -0.2) is 13.9 Å². The van der Waals surface area contributed by atoms with Gasteiger partial charge in [0.1, 0.15) is 11.6 Å². The Bertz CT molecular complexity index is 1220.